The Morgan fingerprint density at radius 2 is 1.80 bits per heavy atom. The van der Waals surface area contributed by atoms with Crippen LogP contribution < -0.4 is 5.32 Å². The largest absolute Gasteiger partial charge is 0.351 e. The van der Waals surface area contributed by atoms with Crippen molar-refractivity contribution in [2.45, 2.75) is 30.6 Å². The number of hydrogen-bond acceptors (Lipinski definition) is 3. The van der Waals surface area contributed by atoms with Gasteiger partial charge in [-0.2, -0.15) is 0 Å². The molecule has 1 N–H and O–H groups in total. The van der Waals surface area contributed by atoms with Crippen molar-refractivity contribution in [2.24, 2.45) is 0 Å². The number of hydrogen-bond donors (Lipinski definition) is 1. The maximum atomic E-state index is 13.0. The van der Waals surface area contributed by atoms with Crippen LogP contribution in [0.25, 0.3) is 0 Å². The normalized spacial score (nSPS) is 20.8. The lowest BCUT2D eigenvalue weighted by atomic mass is 10.00. The molecule has 0 fully saturated rings. The highest BCUT2D eigenvalue weighted by Gasteiger charge is 2.40. The van der Waals surface area contributed by atoms with Gasteiger partial charge in [0.2, 0.25) is 5.91 Å². The Morgan fingerprint density at radius 3 is 2.44 bits per heavy atom. The summed E-state index contributed by atoms with van der Waals surface area (Å²) in [6.07, 6.45) is 1.68. The molecule has 132 valence electrons. The second-order valence-corrected chi connectivity index (χ2v) is 8.71. The summed E-state index contributed by atoms with van der Waals surface area (Å²) >= 11 is 0. The van der Waals surface area contributed by atoms with Gasteiger partial charge in [-0.1, -0.05) is 36.4 Å². The smallest absolute Gasteiger partial charge is 0.227 e. The summed E-state index contributed by atoms with van der Waals surface area (Å²) in [4.78, 5) is 12.6. The lowest BCUT2D eigenvalue weighted by molar-refractivity contribution is -0.122. The molecule has 0 radical (unpaired) electrons. The van der Waals surface area contributed by atoms with Crippen LogP contribution in [0.5, 0.6) is 0 Å². The van der Waals surface area contributed by atoms with Gasteiger partial charge in [0.1, 0.15) is 11.1 Å². The van der Waals surface area contributed by atoms with Crippen LogP contribution >= 0.6 is 0 Å². The highest BCUT2D eigenvalue weighted by Crippen LogP contribution is 2.37. The molecular formula is C19H20FNO3S. The van der Waals surface area contributed by atoms with E-state index in [2.05, 4.69) is 5.32 Å². The molecule has 1 amide bonds. The van der Waals surface area contributed by atoms with Gasteiger partial charge in [0.05, 0.1) is 12.0 Å². The van der Waals surface area contributed by atoms with Gasteiger partial charge in [-0.25, -0.2) is 12.8 Å². The number of sulfone groups is 1. The minimum atomic E-state index is -3.37. The molecule has 3 rings (SSSR count). The summed E-state index contributed by atoms with van der Waals surface area (Å²) in [6.45, 7) is 1.72. The predicted octanol–water partition coefficient (Wildman–Crippen LogP) is 2.76. The Hall–Kier alpha value is -2.21. The molecule has 2 aromatic rings. The Balaban J connectivity index is 1.82. The molecule has 3 atom stereocenters. The molecule has 2 aromatic carbocycles. The topological polar surface area (TPSA) is 63.2 Å². The third-order valence-electron chi connectivity index (χ3n) is 4.72. The first-order valence-corrected chi connectivity index (χ1v) is 10.1. The zero-order valence-electron chi connectivity index (χ0n) is 14.1. The Labute approximate surface area is 147 Å². The fourth-order valence-corrected chi connectivity index (χ4v) is 4.88. The van der Waals surface area contributed by atoms with Crippen molar-refractivity contribution >= 4 is 15.7 Å². The number of benzene rings is 2. The van der Waals surface area contributed by atoms with E-state index in [1.165, 1.54) is 18.4 Å². The Morgan fingerprint density at radius 1 is 1.16 bits per heavy atom. The molecule has 0 saturated heterocycles. The average molecular weight is 361 g/mol. The van der Waals surface area contributed by atoms with E-state index in [1.807, 2.05) is 18.2 Å². The van der Waals surface area contributed by atoms with Crippen molar-refractivity contribution in [3.63, 3.8) is 0 Å². The second-order valence-electron chi connectivity index (χ2n) is 6.54. The number of nitrogens with one attached hydrogen (secondary N) is 1. The lowest BCUT2D eigenvalue weighted by Crippen LogP contribution is -2.41. The maximum absolute atomic E-state index is 13.0. The van der Waals surface area contributed by atoms with E-state index >= 15 is 0 Å². The van der Waals surface area contributed by atoms with Gasteiger partial charge in [-0.15, -0.1) is 0 Å². The van der Waals surface area contributed by atoms with Crippen LogP contribution in [0.2, 0.25) is 0 Å². The quantitative estimate of drug-likeness (QED) is 0.911. The van der Waals surface area contributed by atoms with E-state index in [9.17, 15) is 17.6 Å². The Kier molecular flexibility index (Phi) is 4.64. The summed E-state index contributed by atoms with van der Waals surface area (Å²) in [5, 5.41) is 2.14. The average Bonchev–Trinajstić information content (AvgIpc) is 2.92. The van der Waals surface area contributed by atoms with Crippen LogP contribution in [0.4, 0.5) is 4.39 Å². The van der Waals surface area contributed by atoms with Crippen molar-refractivity contribution in [1.29, 1.82) is 0 Å². The Bertz CT molecular complexity index is 893. The fourth-order valence-electron chi connectivity index (χ4n) is 3.42. The molecule has 1 unspecified atom stereocenters. The molecular weight excluding hydrogens is 341 g/mol. The van der Waals surface area contributed by atoms with Crippen molar-refractivity contribution in [3.05, 3.63) is 71.0 Å². The van der Waals surface area contributed by atoms with Gasteiger partial charge in [0, 0.05) is 6.26 Å². The van der Waals surface area contributed by atoms with Gasteiger partial charge in [0.15, 0.2) is 9.84 Å². The molecule has 6 heteroatoms. The molecule has 0 aromatic heterocycles. The van der Waals surface area contributed by atoms with Crippen LogP contribution in [-0.2, 0) is 21.1 Å². The maximum Gasteiger partial charge on any atom is 0.227 e. The molecule has 1 aliphatic carbocycles. The van der Waals surface area contributed by atoms with Crippen LogP contribution in [0.3, 0.4) is 0 Å². The molecule has 25 heavy (non-hydrogen) atoms. The molecule has 0 bridgehead atoms. The number of amides is 1. The van der Waals surface area contributed by atoms with E-state index in [-0.39, 0.29) is 11.7 Å². The summed E-state index contributed by atoms with van der Waals surface area (Å²) in [5.74, 6) is -1.12. The summed E-state index contributed by atoms with van der Waals surface area (Å²) in [6, 6.07) is 12.6. The van der Waals surface area contributed by atoms with Crippen molar-refractivity contribution in [2.75, 3.05) is 6.26 Å². The molecule has 4 nitrogen and oxygen atoms in total. The highest BCUT2D eigenvalue weighted by atomic mass is 32.2. The monoisotopic (exact) mass is 361 g/mol. The van der Waals surface area contributed by atoms with Gasteiger partial charge < -0.3 is 5.32 Å². The number of carbonyl (C=O) groups excluding carboxylic acids is 1. The standard InChI is InChI=1S/C19H20FNO3S/c1-12(13-7-9-15(20)10-8-13)19(22)21-17-11-14-5-3-4-6-16(14)18(17)25(2,23)24/h3-10,12,17-18H,11H2,1-2H3,(H,21,22)/t12?,17-,18-/m1/s1. The lowest BCUT2D eigenvalue weighted by Gasteiger charge is -2.22. The van der Waals surface area contributed by atoms with E-state index in [0.29, 0.717) is 12.0 Å². The van der Waals surface area contributed by atoms with Gasteiger partial charge >= 0.3 is 0 Å². The summed E-state index contributed by atoms with van der Waals surface area (Å²) in [7, 11) is -3.37. The fraction of sp³-hybridized carbons (Fsp3) is 0.316. The predicted molar refractivity (Wildman–Crippen MR) is 94.5 cm³/mol. The molecule has 0 spiro atoms. The van der Waals surface area contributed by atoms with Crippen LogP contribution in [0.1, 0.15) is 34.8 Å². The van der Waals surface area contributed by atoms with Crippen LogP contribution in [0.15, 0.2) is 48.5 Å². The van der Waals surface area contributed by atoms with E-state index < -0.39 is 27.0 Å². The minimum Gasteiger partial charge on any atom is -0.351 e. The SMILES string of the molecule is CC(C(=O)N[C@@H]1Cc2ccccc2[C@H]1S(C)(=O)=O)c1ccc(F)cc1. The molecule has 0 saturated carbocycles. The zero-order chi connectivity index (χ0) is 18.2. The third kappa shape index (κ3) is 3.58. The summed E-state index contributed by atoms with van der Waals surface area (Å²) < 4.78 is 37.6. The van der Waals surface area contributed by atoms with Crippen LogP contribution in [0, 0.1) is 5.82 Å². The van der Waals surface area contributed by atoms with Gasteiger partial charge in [-0.3, -0.25) is 4.79 Å². The summed E-state index contributed by atoms with van der Waals surface area (Å²) in [5.41, 5.74) is 2.38. The highest BCUT2D eigenvalue weighted by molar-refractivity contribution is 7.91. The first-order valence-electron chi connectivity index (χ1n) is 8.10. The first kappa shape index (κ1) is 17.6. The molecule has 1 aliphatic rings. The van der Waals surface area contributed by atoms with Crippen molar-refractivity contribution < 1.29 is 17.6 Å². The van der Waals surface area contributed by atoms with Crippen molar-refractivity contribution in [3.8, 4) is 0 Å². The molecule has 0 aliphatic heterocycles. The van der Waals surface area contributed by atoms with Crippen LogP contribution in [-0.4, -0.2) is 26.6 Å². The van der Waals surface area contributed by atoms with Crippen molar-refractivity contribution in [1.82, 2.24) is 5.32 Å². The van der Waals surface area contributed by atoms with Gasteiger partial charge in [-0.05, 0) is 42.2 Å². The number of fused-ring (bicyclic) bond motifs is 1. The number of halogens is 1. The van der Waals surface area contributed by atoms with E-state index in [1.54, 1.807) is 25.1 Å². The van der Waals surface area contributed by atoms with E-state index in [4.69, 9.17) is 0 Å². The minimum absolute atomic E-state index is 0.266. The third-order valence-corrected chi connectivity index (χ3v) is 6.22. The molecule has 0 heterocycles. The number of rotatable bonds is 4. The van der Waals surface area contributed by atoms with E-state index in [0.717, 1.165) is 11.1 Å². The number of carbonyl (C=O) groups is 1. The van der Waals surface area contributed by atoms with Gasteiger partial charge in [0.25, 0.3) is 0 Å². The first-order chi connectivity index (χ1) is 11.8. The second kappa shape index (κ2) is 6.59. The zero-order valence-corrected chi connectivity index (χ0v) is 14.9.